The van der Waals surface area contributed by atoms with Crippen LogP contribution in [0.1, 0.15) is 0 Å². The first-order valence-electron chi connectivity index (χ1n) is 3.43. The van der Waals surface area contributed by atoms with Crippen LogP contribution in [0.3, 0.4) is 0 Å². The molecule has 0 aromatic rings. The van der Waals surface area contributed by atoms with Gasteiger partial charge in [-0.15, -0.1) is 0 Å². The lowest BCUT2D eigenvalue weighted by Gasteiger charge is -2.33. The van der Waals surface area contributed by atoms with Gasteiger partial charge in [-0.3, -0.25) is 0 Å². The van der Waals surface area contributed by atoms with E-state index in [1.54, 1.807) is 0 Å². The summed E-state index contributed by atoms with van der Waals surface area (Å²) in [6.07, 6.45) is -3.77. The molecule has 0 amide bonds. The quantitative estimate of drug-likeness (QED) is 0.349. The highest BCUT2D eigenvalue weighted by Crippen LogP contribution is 2.18. The van der Waals surface area contributed by atoms with Crippen molar-refractivity contribution in [1.29, 1.82) is 0 Å². The highest BCUT2D eigenvalue weighted by molar-refractivity contribution is 4.81. The monoisotopic (exact) mass is 164 g/mol. The van der Waals surface area contributed by atoms with Crippen LogP contribution in [0, 0.1) is 5.92 Å². The lowest BCUT2D eigenvalue weighted by atomic mass is 9.97. The first kappa shape index (κ1) is 8.89. The van der Waals surface area contributed by atoms with Gasteiger partial charge in [0.05, 0.1) is 19.3 Å². The van der Waals surface area contributed by atoms with Crippen LogP contribution in [0.15, 0.2) is 0 Å². The second-order valence-corrected chi connectivity index (χ2v) is 2.65. The molecule has 0 unspecified atom stereocenters. The molecule has 4 N–H and O–H groups in total. The molecule has 66 valence electrons. The Morgan fingerprint density at radius 2 is 1.82 bits per heavy atom. The second kappa shape index (κ2) is 3.46. The molecule has 0 radical (unpaired) electrons. The summed E-state index contributed by atoms with van der Waals surface area (Å²) in [5.74, 6) is -0.506. The highest BCUT2D eigenvalue weighted by Gasteiger charge is 2.36. The molecule has 1 aliphatic rings. The molecule has 0 bridgehead atoms. The van der Waals surface area contributed by atoms with Crippen molar-refractivity contribution in [3.63, 3.8) is 0 Å². The zero-order valence-electron chi connectivity index (χ0n) is 5.92. The molecule has 11 heavy (non-hydrogen) atoms. The number of aliphatic hydroxyl groups excluding tert-OH is 4. The molecule has 1 fully saturated rings. The normalized spacial score (nSPS) is 45.8. The second-order valence-electron chi connectivity index (χ2n) is 2.65. The Morgan fingerprint density at radius 1 is 1.18 bits per heavy atom. The van der Waals surface area contributed by atoms with E-state index in [2.05, 4.69) is 4.74 Å². The van der Waals surface area contributed by atoms with E-state index in [1.807, 2.05) is 0 Å². The van der Waals surface area contributed by atoms with Crippen molar-refractivity contribution in [2.24, 2.45) is 5.92 Å². The van der Waals surface area contributed by atoms with E-state index >= 15 is 0 Å². The van der Waals surface area contributed by atoms with Crippen molar-refractivity contribution >= 4 is 0 Å². The third-order valence-corrected chi connectivity index (χ3v) is 1.84. The predicted molar refractivity (Wildman–Crippen MR) is 34.5 cm³/mol. The zero-order chi connectivity index (χ0) is 8.43. The Hall–Kier alpha value is -0.200. The lowest BCUT2D eigenvalue weighted by molar-refractivity contribution is -0.243. The molecule has 0 aromatic heterocycles. The van der Waals surface area contributed by atoms with Crippen molar-refractivity contribution < 1.29 is 25.2 Å². The Labute approximate surface area is 63.8 Å². The van der Waals surface area contributed by atoms with E-state index in [1.165, 1.54) is 0 Å². The van der Waals surface area contributed by atoms with Crippen molar-refractivity contribution in [3.05, 3.63) is 0 Å². The number of aliphatic hydroxyl groups is 4. The predicted octanol–water partition coefficient (Wildman–Crippen LogP) is -2.33. The van der Waals surface area contributed by atoms with Gasteiger partial charge in [0, 0.05) is 5.92 Å². The minimum atomic E-state index is -1.34. The van der Waals surface area contributed by atoms with E-state index in [4.69, 9.17) is 20.4 Å². The Kier molecular flexibility index (Phi) is 2.80. The molecule has 1 rings (SSSR count). The van der Waals surface area contributed by atoms with Gasteiger partial charge in [0.1, 0.15) is 6.10 Å². The van der Waals surface area contributed by atoms with Crippen molar-refractivity contribution in [1.82, 2.24) is 0 Å². The summed E-state index contributed by atoms with van der Waals surface area (Å²) in [5.41, 5.74) is 0. The van der Waals surface area contributed by atoms with E-state index in [-0.39, 0.29) is 13.2 Å². The highest BCUT2D eigenvalue weighted by atomic mass is 16.6. The third-order valence-electron chi connectivity index (χ3n) is 1.84. The van der Waals surface area contributed by atoms with Crippen LogP contribution in [-0.4, -0.2) is 52.1 Å². The van der Waals surface area contributed by atoms with Gasteiger partial charge in [-0.05, 0) is 0 Å². The summed E-state index contributed by atoms with van der Waals surface area (Å²) in [4.78, 5) is 0. The van der Waals surface area contributed by atoms with E-state index in [0.29, 0.717) is 0 Å². The van der Waals surface area contributed by atoms with Crippen LogP contribution < -0.4 is 0 Å². The first-order valence-corrected chi connectivity index (χ1v) is 3.43. The van der Waals surface area contributed by atoms with Crippen LogP contribution >= 0.6 is 0 Å². The zero-order valence-corrected chi connectivity index (χ0v) is 5.92. The van der Waals surface area contributed by atoms with Crippen LogP contribution in [0.2, 0.25) is 0 Å². The van der Waals surface area contributed by atoms with Crippen LogP contribution in [0.5, 0.6) is 0 Å². The average molecular weight is 164 g/mol. The Balaban J connectivity index is 2.52. The maximum Gasteiger partial charge on any atom is 0.183 e. The molecule has 4 atom stereocenters. The Morgan fingerprint density at radius 3 is 2.36 bits per heavy atom. The van der Waals surface area contributed by atoms with Crippen LogP contribution in [0.4, 0.5) is 0 Å². The van der Waals surface area contributed by atoms with E-state index in [0.717, 1.165) is 0 Å². The summed E-state index contributed by atoms with van der Waals surface area (Å²) in [7, 11) is 0. The van der Waals surface area contributed by atoms with Crippen LogP contribution in [0.25, 0.3) is 0 Å². The summed E-state index contributed by atoms with van der Waals surface area (Å²) in [6.45, 7) is -0.194. The van der Waals surface area contributed by atoms with Crippen molar-refractivity contribution in [3.8, 4) is 0 Å². The van der Waals surface area contributed by atoms with Gasteiger partial charge < -0.3 is 25.2 Å². The molecule has 0 spiro atoms. The fourth-order valence-electron chi connectivity index (χ4n) is 1.03. The van der Waals surface area contributed by atoms with Gasteiger partial charge >= 0.3 is 0 Å². The van der Waals surface area contributed by atoms with Crippen molar-refractivity contribution in [2.45, 2.75) is 18.5 Å². The molecule has 0 aliphatic carbocycles. The molecular formula is C6H12O5. The van der Waals surface area contributed by atoms with Gasteiger partial charge in [0.2, 0.25) is 0 Å². The standard InChI is InChI=1S/C6H12O5/c7-1-3-2-11-6(10)5(9)4(3)8/h3-10H,1-2H2/t3-,4+,5-,6-/m0/s1. The SMILES string of the molecule is OC[C@H]1CO[C@H](O)[C@@H](O)[C@@H]1O. The largest absolute Gasteiger partial charge is 0.396 e. The molecule has 1 saturated heterocycles. The summed E-state index contributed by atoms with van der Waals surface area (Å²) in [5, 5.41) is 35.6. The molecular weight excluding hydrogens is 152 g/mol. The van der Waals surface area contributed by atoms with E-state index in [9.17, 15) is 0 Å². The van der Waals surface area contributed by atoms with Crippen LogP contribution in [-0.2, 0) is 4.74 Å². The van der Waals surface area contributed by atoms with Gasteiger partial charge in [0.15, 0.2) is 6.29 Å². The minimum Gasteiger partial charge on any atom is -0.396 e. The third kappa shape index (κ3) is 1.69. The molecule has 5 heteroatoms. The van der Waals surface area contributed by atoms with Gasteiger partial charge in [0.25, 0.3) is 0 Å². The maximum absolute atomic E-state index is 9.16. The summed E-state index contributed by atoms with van der Waals surface area (Å²) < 4.78 is 4.65. The average Bonchev–Trinajstić information content (AvgIpc) is 2.01. The minimum absolute atomic E-state index is 0.0654. The van der Waals surface area contributed by atoms with Crippen molar-refractivity contribution in [2.75, 3.05) is 13.2 Å². The summed E-state index contributed by atoms with van der Waals surface area (Å²) >= 11 is 0. The fraction of sp³-hybridized carbons (Fsp3) is 1.00. The molecule has 0 saturated carbocycles. The maximum atomic E-state index is 9.16. The molecule has 0 aromatic carbocycles. The number of hydrogen-bond acceptors (Lipinski definition) is 5. The van der Waals surface area contributed by atoms with Gasteiger partial charge in [-0.2, -0.15) is 0 Å². The van der Waals surface area contributed by atoms with E-state index < -0.39 is 24.4 Å². The summed E-state index contributed by atoms with van der Waals surface area (Å²) in [6, 6.07) is 0. The van der Waals surface area contributed by atoms with Gasteiger partial charge in [-0.25, -0.2) is 0 Å². The molecule has 1 aliphatic heterocycles. The first-order chi connectivity index (χ1) is 5.16. The molecule has 5 nitrogen and oxygen atoms in total. The smallest absolute Gasteiger partial charge is 0.183 e. The topological polar surface area (TPSA) is 90.2 Å². The molecule has 1 heterocycles. The number of hydrogen-bond donors (Lipinski definition) is 4. The fourth-order valence-corrected chi connectivity index (χ4v) is 1.03. The lowest BCUT2D eigenvalue weighted by Crippen LogP contribution is -2.50. The Bertz CT molecular complexity index is 126. The number of ether oxygens (including phenoxy) is 1. The number of rotatable bonds is 1. The van der Waals surface area contributed by atoms with Gasteiger partial charge in [-0.1, -0.05) is 0 Å².